The molecule has 6 heteroatoms. The Morgan fingerprint density at radius 2 is 1.76 bits per heavy atom. The molecule has 1 unspecified atom stereocenters. The fraction of sp³-hybridized carbons (Fsp3) is 0.200. The number of rotatable bonds is 5. The summed E-state index contributed by atoms with van der Waals surface area (Å²) in [4.78, 5) is 0.121. The van der Waals surface area contributed by atoms with Crippen molar-refractivity contribution in [3.63, 3.8) is 0 Å². The molecule has 1 atom stereocenters. The maximum Gasteiger partial charge on any atom is 0.241 e. The molecule has 0 fully saturated rings. The van der Waals surface area contributed by atoms with Crippen LogP contribution in [0, 0.1) is 5.82 Å². The molecule has 0 saturated heterocycles. The second kappa shape index (κ2) is 6.34. The van der Waals surface area contributed by atoms with Gasteiger partial charge < -0.3 is 5.73 Å². The van der Waals surface area contributed by atoms with Gasteiger partial charge in [-0.15, -0.1) is 0 Å². The summed E-state index contributed by atoms with van der Waals surface area (Å²) in [5.74, 6) is -0.445. The first-order chi connectivity index (χ1) is 9.95. The number of hydrogen-bond acceptors (Lipinski definition) is 3. The molecule has 2 rings (SSSR count). The second-order valence-corrected chi connectivity index (χ2v) is 6.36. The van der Waals surface area contributed by atoms with E-state index >= 15 is 0 Å². The van der Waals surface area contributed by atoms with Gasteiger partial charge in [0, 0.05) is 18.2 Å². The van der Waals surface area contributed by atoms with Gasteiger partial charge in [0.1, 0.15) is 5.82 Å². The first-order valence-electron chi connectivity index (χ1n) is 6.50. The predicted molar refractivity (Wildman–Crippen MR) is 79.5 cm³/mol. The molecule has 0 spiro atoms. The largest absolute Gasteiger partial charge is 0.326 e. The Hall–Kier alpha value is -1.76. The Kier molecular flexibility index (Phi) is 4.72. The van der Waals surface area contributed by atoms with Crippen LogP contribution in [-0.2, 0) is 16.6 Å². The van der Waals surface area contributed by atoms with E-state index in [4.69, 9.17) is 5.73 Å². The minimum atomic E-state index is -3.76. The van der Waals surface area contributed by atoms with Gasteiger partial charge in [-0.2, -0.15) is 0 Å². The van der Waals surface area contributed by atoms with Crippen LogP contribution in [0.5, 0.6) is 0 Å². The van der Waals surface area contributed by atoms with Crippen molar-refractivity contribution in [1.82, 2.24) is 4.72 Å². The molecule has 3 N–H and O–H groups in total. The van der Waals surface area contributed by atoms with Crippen molar-refractivity contribution >= 4 is 10.0 Å². The molecule has 112 valence electrons. The summed E-state index contributed by atoms with van der Waals surface area (Å²) in [6.45, 7) is 1.71. The fourth-order valence-electron chi connectivity index (χ4n) is 2.12. The Labute approximate surface area is 123 Å². The van der Waals surface area contributed by atoms with Crippen molar-refractivity contribution in [3.8, 4) is 0 Å². The fourth-order valence-corrected chi connectivity index (χ4v) is 3.59. The zero-order valence-electron chi connectivity index (χ0n) is 11.6. The minimum Gasteiger partial charge on any atom is -0.326 e. The van der Waals surface area contributed by atoms with E-state index in [0.29, 0.717) is 11.1 Å². The number of sulfonamides is 1. The molecule has 0 aliphatic carbocycles. The van der Waals surface area contributed by atoms with Crippen molar-refractivity contribution in [3.05, 3.63) is 65.5 Å². The molecule has 21 heavy (non-hydrogen) atoms. The third kappa shape index (κ3) is 3.47. The van der Waals surface area contributed by atoms with Gasteiger partial charge in [0.25, 0.3) is 0 Å². The van der Waals surface area contributed by atoms with Crippen molar-refractivity contribution in [1.29, 1.82) is 0 Å². The summed E-state index contributed by atoms with van der Waals surface area (Å²) in [6, 6.07) is 11.9. The third-order valence-electron chi connectivity index (χ3n) is 3.19. The Morgan fingerprint density at radius 3 is 2.43 bits per heavy atom. The molecule has 0 heterocycles. The molecule has 0 bridgehead atoms. The van der Waals surface area contributed by atoms with Crippen LogP contribution in [0.1, 0.15) is 24.1 Å². The SMILES string of the molecule is CC(NS(=O)(=O)c1ccccc1CN)c1ccccc1F. The minimum absolute atomic E-state index is 0.116. The van der Waals surface area contributed by atoms with Crippen LogP contribution in [-0.4, -0.2) is 8.42 Å². The maximum atomic E-state index is 13.7. The Morgan fingerprint density at radius 1 is 1.14 bits per heavy atom. The standard InChI is InChI=1S/C15H17FN2O2S/c1-11(13-7-3-4-8-14(13)16)18-21(19,20)15-9-5-2-6-12(15)10-17/h2-9,11,18H,10,17H2,1H3. The summed E-state index contributed by atoms with van der Waals surface area (Å²) in [5.41, 5.74) is 6.38. The zero-order chi connectivity index (χ0) is 15.5. The van der Waals surface area contributed by atoms with E-state index < -0.39 is 21.9 Å². The van der Waals surface area contributed by atoms with E-state index in [1.807, 2.05) is 0 Å². The number of hydrogen-bond donors (Lipinski definition) is 2. The van der Waals surface area contributed by atoms with E-state index in [2.05, 4.69) is 4.72 Å². The molecule has 0 aliphatic rings. The van der Waals surface area contributed by atoms with Crippen molar-refractivity contribution in [2.75, 3.05) is 0 Å². The third-order valence-corrected chi connectivity index (χ3v) is 4.83. The lowest BCUT2D eigenvalue weighted by atomic mass is 10.1. The number of benzene rings is 2. The van der Waals surface area contributed by atoms with E-state index in [-0.39, 0.29) is 11.4 Å². The quantitative estimate of drug-likeness (QED) is 0.890. The Bertz CT molecular complexity index is 732. The highest BCUT2D eigenvalue weighted by atomic mass is 32.2. The van der Waals surface area contributed by atoms with Crippen LogP contribution in [0.25, 0.3) is 0 Å². The summed E-state index contributed by atoms with van der Waals surface area (Å²) in [5, 5.41) is 0. The van der Waals surface area contributed by atoms with Crippen LogP contribution in [0.15, 0.2) is 53.4 Å². The zero-order valence-corrected chi connectivity index (χ0v) is 12.4. The van der Waals surface area contributed by atoms with Gasteiger partial charge in [-0.05, 0) is 24.6 Å². The summed E-state index contributed by atoms with van der Waals surface area (Å²) >= 11 is 0. The lowest BCUT2D eigenvalue weighted by molar-refractivity contribution is 0.549. The second-order valence-electron chi connectivity index (χ2n) is 4.68. The van der Waals surface area contributed by atoms with E-state index in [9.17, 15) is 12.8 Å². The lowest BCUT2D eigenvalue weighted by Gasteiger charge is -2.16. The maximum absolute atomic E-state index is 13.7. The van der Waals surface area contributed by atoms with E-state index in [1.54, 1.807) is 43.3 Å². The molecule has 4 nitrogen and oxygen atoms in total. The number of halogens is 1. The molecule has 2 aromatic rings. The highest BCUT2D eigenvalue weighted by Crippen LogP contribution is 2.21. The summed E-state index contributed by atoms with van der Waals surface area (Å²) in [7, 11) is -3.76. The van der Waals surface area contributed by atoms with Crippen molar-refractivity contribution in [2.24, 2.45) is 5.73 Å². The predicted octanol–water partition coefficient (Wildman–Crippen LogP) is 2.32. The van der Waals surface area contributed by atoms with Gasteiger partial charge in [-0.1, -0.05) is 36.4 Å². The first kappa shape index (κ1) is 15.6. The van der Waals surface area contributed by atoms with Gasteiger partial charge in [0.05, 0.1) is 4.90 Å². The number of nitrogens with one attached hydrogen (secondary N) is 1. The first-order valence-corrected chi connectivity index (χ1v) is 7.98. The summed E-state index contributed by atoms with van der Waals surface area (Å²) in [6.07, 6.45) is 0. The lowest BCUT2D eigenvalue weighted by Crippen LogP contribution is -2.28. The topological polar surface area (TPSA) is 72.2 Å². The molecule has 0 amide bonds. The average molecular weight is 308 g/mol. The van der Waals surface area contributed by atoms with E-state index in [0.717, 1.165) is 0 Å². The molecule has 2 aromatic carbocycles. The van der Waals surface area contributed by atoms with Crippen LogP contribution in [0.3, 0.4) is 0 Å². The van der Waals surface area contributed by atoms with Crippen molar-refractivity contribution < 1.29 is 12.8 Å². The van der Waals surface area contributed by atoms with Crippen LogP contribution < -0.4 is 10.5 Å². The van der Waals surface area contributed by atoms with Crippen LogP contribution in [0.2, 0.25) is 0 Å². The molecular formula is C15H17FN2O2S. The molecule has 0 radical (unpaired) electrons. The highest BCUT2D eigenvalue weighted by molar-refractivity contribution is 7.89. The van der Waals surface area contributed by atoms with Crippen molar-refractivity contribution in [2.45, 2.75) is 24.4 Å². The highest BCUT2D eigenvalue weighted by Gasteiger charge is 2.22. The smallest absolute Gasteiger partial charge is 0.241 e. The normalized spacial score (nSPS) is 13.1. The van der Waals surface area contributed by atoms with Gasteiger partial charge in [-0.3, -0.25) is 0 Å². The van der Waals surface area contributed by atoms with Crippen LogP contribution in [0.4, 0.5) is 4.39 Å². The number of nitrogens with two attached hydrogens (primary N) is 1. The summed E-state index contributed by atoms with van der Waals surface area (Å²) < 4.78 is 41.0. The van der Waals surface area contributed by atoms with Gasteiger partial charge in [-0.25, -0.2) is 17.5 Å². The van der Waals surface area contributed by atoms with Gasteiger partial charge in [0.2, 0.25) is 10.0 Å². The molecule has 0 aliphatic heterocycles. The van der Waals surface area contributed by atoms with Crippen LogP contribution >= 0.6 is 0 Å². The van der Waals surface area contributed by atoms with Gasteiger partial charge in [0.15, 0.2) is 0 Å². The molecule has 0 saturated carbocycles. The van der Waals surface area contributed by atoms with Gasteiger partial charge >= 0.3 is 0 Å². The average Bonchev–Trinajstić information content (AvgIpc) is 2.47. The molecule has 0 aromatic heterocycles. The monoisotopic (exact) mass is 308 g/mol. The Balaban J connectivity index is 2.32. The molecular weight excluding hydrogens is 291 g/mol. The van der Waals surface area contributed by atoms with E-state index in [1.165, 1.54) is 12.1 Å².